The lowest BCUT2D eigenvalue weighted by Crippen LogP contribution is -2.36. The fraction of sp³-hybridized carbons (Fsp3) is 0.800. The number of carboxylic acid groups (broad SMARTS) is 1. The first-order valence-electron chi connectivity index (χ1n) is 5.05. The molecule has 0 aromatic heterocycles. The van der Waals surface area contributed by atoms with E-state index < -0.39 is 11.4 Å². The quantitative estimate of drug-likeness (QED) is 0.673. The summed E-state index contributed by atoms with van der Waals surface area (Å²) < 4.78 is 0. The van der Waals surface area contributed by atoms with Crippen LogP contribution in [0.5, 0.6) is 0 Å². The predicted molar refractivity (Wildman–Crippen MR) is 49.7 cm³/mol. The maximum atomic E-state index is 11.2. The van der Waals surface area contributed by atoms with Gasteiger partial charge in [-0.25, -0.2) is 0 Å². The monoisotopic (exact) mass is 197 g/mol. The number of fused-ring (bicyclic) bond motifs is 1. The van der Waals surface area contributed by atoms with E-state index in [-0.39, 0.29) is 11.8 Å². The molecule has 0 aromatic carbocycles. The lowest BCUT2D eigenvalue weighted by atomic mass is 9.81. The molecule has 1 saturated heterocycles. The molecule has 1 heterocycles. The molecule has 2 aliphatic rings. The molecule has 2 fully saturated rings. The number of carbonyl (C=O) groups is 2. The predicted octanol–water partition coefficient (Wildman–Crippen LogP) is 0.720. The Labute approximate surface area is 82.9 Å². The lowest BCUT2D eigenvalue weighted by Gasteiger charge is -2.22. The third-order valence-electron chi connectivity index (χ3n) is 3.74. The Balaban J connectivity index is 2.23. The Bertz CT molecular complexity index is 289. The molecule has 2 atom stereocenters. The smallest absolute Gasteiger partial charge is 0.311 e. The summed E-state index contributed by atoms with van der Waals surface area (Å²) >= 11 is 0. The van der Waals surface area contributed by atoms with Crippen molar-refractivity contribution in [1.29, 1.82) is 0 Å². The Hall–Kier alpha value is -1.06. The zero-order chi connectivity index (χ0) is 10.3. The highest BCUT2D eigenvalue weighted by atomic mass is 16.4. The second kappa shape index (κ2) is 2.97. The average Bonchev–Trinajstić information content (AvgIpc) is 2.57. The standard InChI is InChI=1S/C10H15NO3/c1-7(12)11-5-8-3-2-4-10(8,6-11)9(13)14/h8H,2-6H2,1H3,(H,13,14)/t8-,10+/m0/s1. The van der Waals surface area contributed by atoms with Crippen LogP contribution < -0.4 is 0 Å². The van der Waals surface area contributed by atoms with Gasteiger partial charge in [0, 0.05) is 20.0 Å². The number of amides is 1. The Morgan fingerprint density at radius 1 is 1.50 bits per heavy atom. The molecule has 1 N–H and O–H groups in total. The number of aliphatic carboxylic acids is 1. The van der Waals surface area contributed by atoms with E-state index in [1.54, 1.807) is 4.90 Å². The maximum absolute atomic E-state index is 11.2. The minimum atomic E-state index is -0.719. The Morgan fingerprint density at radius 3 is 2.71 bits per heavy atom. The number of rotatable bonds is 1. The SMILES string of the molecule is CC(=O)N1C[C@@H]2CCC[C@@]2(C(=O)O)C1. The summed E-state index contributed by atoms with van der Waals surface area (Å²) in [6.45, 7) is 2.57. The minimum absolute atomic E-state index is 0.0000231. The highest BCUT2D eigenvalue weighted by Crippen LogP contribution is 2.48. The minimum Gasteiger partial charge on any atom is -0.481 e. The number of hydrogen-bond donors (Lipinski definition) is 1. The summed E-state index contributed by atoms with van der Waals surface area (Å²) in [6.07, 6.45) is 2.68. The van der Waals surface area contributed by atoms with Crippen molar-refractivity contribution in [2.24, 2.45) is 11.3 Å². The summed E-state index contributed by atoms with van der Waals surface area (Å²) in [7, 11) is 0. The van der Waals surface area contributed by atoms with Crippen LogP contribution in [0, 0.1) is 11.3 Å². The van der Waals surface area contributed by atoms with Crippen molar-refractivity contribution in [3.8, 4) is 0 Å². The molecule has 2 rings (SSSR count). The lowest BCUT2D eigenvalue weighted by molar-refractivity contribution is -0.149. The van der Waals surface area contributed by atoms with Crippen LogP contribution in [0.4, 0.5) is 0 Å². The first-order chi connectivity index (χ1) is 6.56. The summed E-state index contributed by atoms with van der Waals surface area (Å²) in [6, 6.07) is 0. The zero-order valence-corrected chi connectivity index (χ0v) is 8.32. The van der Waals surface area contributed by atoms with Gasteiger partial charge in [-0.15, -0.1) is 0 Å². The van der Waals surface area contributed by atoms with E-state index in [0.29, 0.717) is 13.1 Å². The van der Waals surface area contributed by atoms with E-state index in [4.69, 9.17) is 0 Å². The molecule has 0 unspecified atom stereocenters. The van der Waals surface area contributed by atoms with Crippen molar-refractivity contribution in [3.05, 3.63) is 0 Å². The van der Waals surface area contributed by atoms with Crippen LogP contribution in [-0.2, 0) is 9.59 Å². The highest BCUT2D eigenvalue weighted by molar-refractivity contribution is 5.80. The molecule has 1 amide bonds. The molecule has 1 aliphatic heterocycles. The van der Waals surface area contributed by atoms with Gasteiger partial charge in [0.15, 0.2) is 0 Å². The van der Waals surface area contributed by atoms with Crippen molar-refractivity contribution in [2.45, 2.75) is 26.2 Å². The first kappa shape index (κ1) is 9.49. The number of carbonyl (C=O) groups excluding carboxylic acids is 1. The average molecular weight is 197 g/mol. The summed E-state index contributed by atoms with van der Waals surface area (Å²) in [5.41, 5.74) is -0.619. The third kappa shape index (κ3) is 1.13. The highest BCUT2D eigenvalue weighted by Gasteiger charge is 2.55. The van der Waals surface area contributed by atoms with Crippen molar-refractivity contribution in [1.82, 2.24) is 4.90 Å². The molecule has 4 heteroatoms. The van der Waals surface area contributed by atoms with Gasteiger partial charge in [0.25, 0.3) is 0 Å². The van der Waals surface area contributed by atoms with Crippen LogP contribution in [0.1, 0.15) is 26.2 Å². The zero-order valence-electron chi connectivity index (χ0n) is 8.32. The van der Waals surface area contributed by atoms with E-state index in [9.17, 15) is 14.7 Å². The number of carboxylic acids is 1. The molecule has 0 aromatic rings. The topological polar surface area (TPSA) is 57.6 Å². The van der Waals surface area contributed by atoms with Gasteiger partial charge < -0.3 is 10.0 Å². The second-order valence-corrected chi connectivity index (χ2v) is 4.45. The Morgan fingerprint density at radius 2 is 2.21 bits per heavy atom. The van der Waals surface area contributed by atoms with Crippen molar-refractivity contribution < 1.29 is 14.7 Å². The van der Waals surface area contributed by atoms with Crippen LogP contribution in [0.2, 0.25) is 0 Å². The van der Waals surface area contributed by atoms with E-state index in [2.05, 4.69) is 0 Å². The van der Waals surface area contributed by atoms with Gasteiger partial charge in [0.2, 0.25) is 5.91 Å². The molecule has 0 spiro atoms. The molecule has 14 heavy (non-hydrogen) atoms. The third-order valence-corrected chi connectivity index (χ3v) is 3.74. The second-order valence-electron chi connectivity index (χ2n) is 4.45. The van der Waals surface area contributed by atoms with E-state index in [1.807, 2.05) is 0 Å². The normalized spacial score (nSPS) is 35.8. The molecule has 78 valence electrons. The summed E-state index contributed by atoms with van der Waals surface area (Å²) in [4.78, 5) is 24.1. The molecule has 1 saturated carbocycles. The summed E-state index contributed by atoms with van der Waals surface area (Å²) in [5, 5.41) is 9.24. The largest absolute Gasteiger partial charge is 0.481 e. The Kier molecular flexibility index (Phi) is 2.01. The van der Waals surface area contributed by atoms with Gasteiger partial charge in [-0.3, -0.25) is 9.59 Å². The van der Waals surface area contributed by atoms with Crippen LogP contribution in [0.3, 0.4) is 0 Å². The first-order valence-corrected chi connectivity index (χ1v) is 5.05. The molecular formula is C10H15NO3. The van der Waals surface area contributed by atoms with Crippen molar-refractivity contribution in [3.63, 3.8) is 0 Å². The van der Waals surface area contributed by atoms with Gasteiger partial charge in [0.1, 0.15) is 0 Å². The van der Waals surface area contributed by atoms with Crippen molar-refractivity contribution in [2.75, 3.05) is 13.1 Å². The maximum Gasteiger partial charge on any atom is 0.311 e. The molecule has 0 bridgehead atoms. The van der Waals surface area contributed by atoms with Gasteiger partial charge in [-0.2, -0.15) is 0 Å². The van der Waals surface area contributed by atoms with Gasteiger partial charge in [0.05, 0.1) is 5.41 Å². The number of likely N-dealkylation sites (tertiary alicyclic amines) is 1. The molecule has 4 nitrogen and oxygen atoms in total. The van der Waals surface area contributed by atoms with E-state index in [1.165, 1.54) is 6.92 Å². The van der Waals surface area contributed by atoms with Crippen molar-refractivity contribution >= 4 is 11.9 Å². The molecular weight excluding hydrogens is 182 g/mol. The summed E-state index contributed by atoms with van der Waals surface area (Å²) in [5.74, 6) is -0.535. The number of hydrogen-bond acceptors (Lipinski definition) is 2. The van der Waals surface area contributed by atoms with Crippen LogP contribution >= 0.6 is 0 Å². The van der Waals surface area contributed by atoms with Gasteiger partial charge in [-0.1, -0.05) is 6.42 Å². The van der Waals surface area contributed by atoms with Crippen LogP contribution in [0.25, 0.3) is 0 Å². The molecule has 0 radical (unpaired) electrons. The van der Waals surface area contributed by atoms with E-state index in [0.717, 1.165) is 19.3 Å². The van der Waals surface area contributed by atoms with Crippen LogP contribution in [0.15, 0.2) is 0 Å². The fourth-order valence-electron chi connectivity index (χ4n) is 2.88. The van der Waals surface area contributed by atoms with Crippen LogP contribution in [-0.4, -0.2) is 35.0 Å². The number of nitrogens with zero attached hydrogens (tertiary/aromatic N) is 1. The van der Waals surface area contributed by atoms with Gasteiger partial charge in [-0.05, 0) is 18.8 Å². The fourth-order valence-corrected chi connectivity index (χ4v) is 2.88. The van der Waals surface area contributed by atoms with E-state index >= 15 is 0 Å². The molecule has 1 aliphatic carbocycles. The van der Waals surface area contributed by atoms with Gasteiger partial charge >= 0.3 is 5.97 Å².